The van der Waals surface area contributed by atoms with Crippen LogP contribution in [0.3, 0.4) is 0 Å². The van der Waals surface area contributed by atoms with Gasteiger partial charge in [-0.05, 0) is 59.7 Å². The third-order valence-corrected chi connectivity index (χ3v) is 5.41. The van der Waals surface area contributed by atoms with E-state index in [2.05, 4.69) is 62.9 Å². The highest BCUT2D eigenvalue weighted by Gasteiger charge is 2.26. The van der Waals surface area contributed by atoms with E-state index in [1.54, 1.807) is 38.1 Å². The molecule has 0 saturated carbocycles. The van der Waals surface area contributed by atoms with Crippen molar-refractivity contribution in [2.75, 3.05) is 13.2 Å². The maximum atomic E-state index is 11.5. The SMILES string of the molecule is CC(C)(C)c1cc(CP)cc(C(C)(C)C)c1O.CCOC(=O)c1ccccc1C(=O)OCC. The Hall–Kier alpha value is -2.39. The Labute approximate surface area is 201 Å². The summed E-state index contributed by atoms with van der Waals surface area (Å²) < 4.78 is 9.70. The minimum atomic E-state index is -0.508. The van der Waals surface area contributed by atoms with Crippen LogP contribution in [-0.2, 0) is 26.5 Å². The van der Waals surface area contributed by atoms with Gasteiger partial charge in [-0.1, -0.05) is 65.8 Å². The van der Waals surface area contributed by atoms with Crippen molar-refractivity contribution < 1.29 is 24.2 Å². The van der Waals surface area contributed by atoms with Gasteiger partial charge >= 0.3 is 11.9 Å². The zero-order chi connectivity index (χ0) is 25.4. The summed E-state index contributed by atoms with van der Waals surface area (Å²) in [7, 11) is 2.76. The molecule has 33 heavy (non-hydrogen) atoms. The fraction of sp³-hybridized carbons (Fsp3) is 0.481. The molecule has 0 amide bonds. The van der Waals surface area contributed by atoms with Gasteiger partial charge in [-0.3, -0.25) is 0 Å². The lowest BCUT2D eigenvalue weighted by Crippen LogP contribution is -2.17. The van der Waals surface area contributed by atoms with Crippen molar-refractivity contribution in [1.29, 1.82) is 0 Å². The summed E-state index contributed by atoms with van der Waals surface area (Å²) >= 11 is 0. The van der Waals surface area contributed by atoms with E-state index >= 15 is 0 Å². The first-order chi connectivity index (χ1) is 15.3. The van der Waals surface area contributed by atoms with Crippen molar-refractivity contribution in [3.63, 3.8) is 0 Å². The molecular formula is C27H39O5P. The van der Waals surface area contributed by atoms with Crippen molar-refractivity contribution in [2.45, 2.75) is 72.4 Å². The molecule has 0 heterocycles. The first-order valence-electron chi connectivity index (χ1n) is 11.3. The number of esters is 2. The summed E-state index contributed by atoms with van der Waals surface area (Å²) in [6.45, 7) is 16.8. The van der Waals surface area contributed by atoms with E-state index in [4.69, 9.17) is 9.47 Å². The molecule has 0 aliphatic rings. The Morgan fingerprint density at radius 3 is 1.45 bits per heavy atom. The van der Waals surface area contributed by atoms with Crippen molar-refractivity contribution in [2.24, 2.45) is 0 Å². The van der Waals surface area contributed by atoms with Crippen LogP contribution in [0, 0.1) is 0 Å². The molecule has 2 aromatic rings. The molecule has 0 saturated heterocycles. The number of carbonyl (C=O) groups excluding carboxylic acids is 2. The van der Waals surface area contributed by atoms with Gasteiger partial charge in [0.15, 0.2) is 0 Å². The Bertz CT molecular complexity index is 880. The summed E-state index contributed by atoms with van der Waals surface area (Å²) in [4.78, 5) is 23.1. The van der Waals surface area contributed by atoms with Crippen LogP contribution in [0.5, 0.6) is 5.75 Å². The van der Waals surface area contributed by atoms with Gasteiger partial charge in [0.05, 0.1) is 24.3 Å². The van der Waals surface area contributed by atoms with E-state index in [1.807, 2.05) is 0 Å². The van der Waals surface area contributed by atoms with Gasteiger partial charge in [-0.15, -0.1) is 9.24 Å². The first-order valence-corrected chi connectivity index (χ1v) is 12.1. The standard InChI is InChI=1S/C15H25OP.C12H14O4/c1-14(2,3)11-7-10(9-17)8-12(13(11)16)15(4,5)6;1-3-15-11(13)9-7-5-6-8-10(9)12(14)16-4-2/h7-8,16H,9,17H2,1-6H3;5-8H,3-4H2,1-2H3. The molecular weight excluding hydrogens is 435 g/mol. The zero-order valence-corrected chi connectivity index (χ0v) is 22.4. The second-order valence-corrected chi connectivity index (χ2v) is 10.1. The monoisotopic (exact) mass is 474 g/mol. The van der Waals surface area contributed by atoms with E-state index in [1.165, 1.54) is 5.56 Å². The number of carbonyl (C=O) groups is 2. The Morgan fingerprint density at radius 2 is 1.18 bits per heavy atom. The number of phenolic OH excluding ortho intramolecular Hbond substituents is 1. The average molecular weight is 475 g/mol. The lowest BCUT2D eigenvalue weighted by Gasteiger charge is -2.28. The Balaban J connectivity index is 0.000000331. The molecule has 6 heteroatoms. The minimum Gasteiger partial charge on any atom is -0.507 e. The molecule has 1 unspecified atom stereocenters. The summed E-state index contributed by atoms with van der Waals surface area (Å²) in [5.74, 6) is -0.551. The van der Waals surface area contributed by atoms with Gasteiger partial charge in [0.2, 0.25) is 0 Å². The number of hydrogen-bond donors (Lipinski definition) is 1. The quantitative estimate of drug-likeness (QED) is 0.401. The largest absolute Gasteiger partial charge is 0.507 e. The van der Waals surface area contributed by atoms with Crippen LogP contribution >= 0.6 is 9.24 Å². The molecule has 2 aromatic carbocycles. The highest BCUT2D eigenvalue weighted by atomic mass is 31.0. The van der Waals surface area contributed by atoms with E-state index in [-0.39, 0.29) is 35.2 Å². The lowest BCUT2D eigenvalue weighted by molar-refractivity contribution is 0.0479. The highest BCUT2D eigenvalue weighted by Crippen LogP contribution is 2.40. The molecule has 0 aliphatic carbocycles. The van der Waals surface area contributed by atoms with Crippen LogP contribution in [0.1, 0.15) is 92.8 Å². The molecule has 1 N–H and O–H groups in total. The zero-order valence-electron chi connectivity index (χ0n) is 21.2. The molecule has 5 nitrogen and oxygen atoms in total. The van der Waals surface area contributed by atoms with Crippen molar-refractivity contribution in [3.05, 3.63) is 64.2 Å². The van der Waals surface area contributed by atoms with E-state index in [0.717, 1.165) is 17.3 Å². The summed E-state index contributed by atoms with van der Waals surface area (Å²) in [5, 5.41) is 10.5. The highest BCUT2D eigenvalue weighted by molar-refractivity contribution is 7.15. The Kier molecular flexibility index (Phi) is 10.6. The number of phenols is 1. The molecule has 0 spiro atoms. The fourth-order valence-corrected chi connectivity index (χ4v) is 3.45. The number of hydrogen-bond acceptors (Lipinski definition) is 5. The third kappa shape index (κ3) is 8.16. The molecule has 0 radical (unpaired) electrons. The molecule has 2 rings (SSSR count). The average Bonchev–Trinajstić information content (AvgIpc) is 2.73. The maximum Gasteiger partial charge on any atom is 0.338 e. The smallest absolute Gasteiger partial charge is 0.338 e. The van der Waals surface area contributed by atoms with Crippen LogP contribution in [0.25, 0.3) is 0 Å². The summed E-state index contributed by atoms with van der Waals surface area (Å²) in [6.07, 6.45) is 0.923. The van der Waals surface area contributed by atoms with Crippen LogP contribution in [0.2, 0.25) is 0 Å². The second kappa shape index (κ2) is 12.2. The van der Waals surface area contributed by atoms with Gasteiger partial charge in [-0.2, -0.15) is 0 Å². The van der Waals surface area contributed by atoms with Gasteiger partial charge in [0, 0.05) is 0 Å². The Morgan fingerprint density at radius 1 is 0.818 bits per heavy atom. The van der Waals surface area contributed by atoms with E-state index < -0.39 is 11.9 Å². The number of ether oxygens (including phenoxy) is 2. The number of benzene rings is 2. The molecule has 1 atom stereocenters. The van der Waals surface area contributed by atoms with Crippen molar-refractivity contribution in [3.8, 4) is 5.75 Å². The number of rotatable bonds is 5. The molecule has 0 aromatic heterocycles. The molecule has 0 fully saturated rings. The molecule has 0 aliphatic heterocycles. The summed E-state index contributed by atoms with van der Waals surface area (Å²) in [5.41, 5.74) is 3.78. The van der Waals surface area contributed by atoms with Crippen molar-refractivity contribution in [1.82, 2.24) is 0 Å². The summed E-state index contributed by atoms with van der Waals surface area (Å²) in [6, 6.07) is 10.7. The molecule has 182 valence electrons. The van der Waals surface area contributed by atoms with Gasteiger partial charge < -0.3 is 14.6 Å². The van der Waals surface area contributed by atoms with E-state index in [0.29, 0.717) is 5.75 Å². The van der Waals surface area contributed by atoms with Crippen LogP contribution in [0.4, 0.5) is 0 Å². The predicted octanol–water partition coefficient (Wildman–Crippen LogP) is 6.40. The minimum absolute atomic E-state index is 0.0278. The van der Waals surface area contributed by atoms with Crippen LogP contribution in [0.15, 0.2) is 36.4 Å². The predicted molar refractivity (Wildman–Crippen MR) is 137 cm³/mol. The van der Waals surface area contributed by atoms with Gasteiger partial charge in [0.25, 0.3) is 0 Å². The third-order valence-electron chi connectivity index (χ3n) is 4.94. The van der Waals surface area contributed by atoms with Crippen LogP contribution < -0.4 is 0 Å². The maximum absolute atomic E-state index is 11.5. The van der Waals surface area contributed by atoms with Gasteiger partial charge in [0.1, 0.15) is 5.75 Å². The fourth-order valence-electron chi connectivity index (χ4n) is 3.21. The topological polar surface area (TPSA) is 72.8 Å². The first kappa shape index (κ1) is 28.6. The number of aromatic hydroxyl groups is 1. The van der Waals surface area contributed by atoms with Crippen molar-refractivity contribution >= 4 is 21.2 Å². The lowest BCUT2D eigenvalue weighted by atomic mass is 9.78. The van der Waals surface area contributed by atoms with E-state index in [9.17, 15) is 14.7 Å². The second-order valence-electron chi connectivity index (χ2n) is 9.73. The van der Waals surface area contributed by atoms with Gasteiger partial charge in [-0.25, -0.2) is 9.59 Å². The molecule has 0 bridgehead atoms. The normalized spacial score (nSPS) is 11.3. The van der Waals surface area contributed by atoms with Crippen LogP contribution in [-0.4, -0.2) is 30.3 Å².